The lowest BCUT2D eigenvalue weighted by molar-refractivity contribution is -0.117. The van der Waals surface area contributed by atoms with Crippen LogP contribution in [0.3, 0.4) is 0 Å². The van der Waals surface area contributed by atoms with E-state index in [-0.39, 0.29) is 5.91 Å². The van der Waals surface area contributed by atoms with Gasteiger partial charge in [-0.3, -0.25) is 9.10 Å². The van der Waals surface area contributed by atoms with Crippen LogP contribution in [0.15, 0.2) is 42.5 Å². The largest absolute Gasteiger partial charge is 0.372 e. The molecule has 2 aromatic rings. The van der Waals surface area contributed by atoms with Crippen molar-refractivity contribution in [2.75, 3.05) is 33.9 Å². The average molecular weight is 450 g/mol. The standard InChI is InChI=1S/C22H28ClN3O3S/c1-4-20(26(30(3,28)29)21-15-17(23)8-7-16(21)2)22(27)24-18-9-11-19(12-10-18)25-13-5-6-14-25/h7-12,15,20H,4-6,13-14H2,1-3H3,(H,24,27)/t20-/m1/s1. The summed E-state index contributed by atoms with van der Waals surface area (Å²) in [6.07, 6.45) is 3.81. The number of aryl methyl sites for hydroxylation is 1. The Morgan fingerprint density at radius 1 is 1.17 bits per heavy atom. The van der Waals surface area contributed by atoms with Crippen molar-refractivity contribution in [3.05, 3.63) is 53.1 Å². The Morgan fingerprint density at radius 2 is 1.80 bits per heavy atom. The molecule has 0 aliphatic carbocycles. The Labute approximate surface area is 183 Å². The fraction of sp³-hybridized carbons (Fsp3) is 0.409. The predicted molar refractivity (Wildman–Crippen MR) is 124 cm³/mol. The SMILES string of the molecule is CC[C@H](C(=O)Nc1ccc(N2CCCC2)cc1)N(c1cc(Cl)ccc1C)S(C)(=O)=O. The summed E-state index contributed by atoms with van der Waals surface area (Å²) in [6, 6.07) is 11.8. The smallest absolute Gasteiger partial charge is 0.248 e. The molecule has 1 saturated heterocycles. The fourth-order valence-corrected chi connectivity index (χ4v) is 5.24. The summed E-state index contributed by atoms with van der Waals surface area (Å²) in [7, 11) is -3.72. The number of hydrogen-bond acceptors (Lipinski definition) is 4. The van der Waals surface area contributed by atoms with Crippen molar-refractivity contribution in [1.82, 2.24) is 0 Å². The second-order valence-electron chi connectivity index (χ2n) is 7.64. The number of sulfonamides is 1. The van der Waals surface area contributed by atoms with Gasteiger partial charge in [0.1, 0.15) is 6.04 Å². The molecule has 30 heavy (non-hydrogen) atoms. The second-order valence-corrected chi connectivity index (χ2v) is 9.94. The molecule has 0 saturated carbocycles. The van der Waals surface area contributed by atoms with E-state index in [2.05, 4.69) is 10.2 Å². The van der Waals surface area contributed by atoms with Crippen LogP contribution >= 0.6 is 11.6 Å². The monoisotopic (exact) mass is 449 g/mol. The maximum absolute atomic E-state index is 13.1. The Hall–Kier alpha value is -2.25. The summed E-state index contributed by atoms with van der Waals surface area (Å²) in [4.78, 5) is 15.4. The minimum Gasteiger partial charge on any atom is -0.372 e. The van der Waals surface area contributed by atoms with Crippen LogP contribution in [0.4, 0.5) is 17.1 Å². The van der Waals surface area contributed by atoms with Gasteiger partial charge in [0.2, 0.25) is 15.9 Å². The van der Waals surface area contributed by atoms with Crippen molar-refractivity contribution in [3.63, 3.8) is 0 Å². The van der Waals surface area contributed by atoms with Crippen LogP contribution in [0, 0.1) is 6.92 Å². The Morgan fingerprint density at radius 3 is 2.37 bits per heavy atom. The molecule has 1 atom stereocenters. The third-order valence-electron chi connectivity index (χ3n) is 5.34. The number of rotatable bonds is 7. The van der Waals surface area contributed by atoms with Gasteiger partial charge in [0.15, 0.2) is 0 Å². The van der Waals surface area contributed by atoms with Crippen molar-refractivity contribution in [2.24, 2.45) is 0 Å². The highest BCUT2D eigenvalue weighted by atomic mass is 35.5. The molecule has 0 unspecified atom stereocenters. The number of nitrogens with one attached hydrogen (secondary N) is 1. The van der Waals surface area contributed by atoms with Crippen LogP contribution in [0.1, 0.15) is 31.7 Å². The zero-order valence-electron chi connectivity index (χ0n) is 17.6. The lowest BCUT2D eigenvalue weighted by Crippen LogP contribution is -2.47. The van der Waals surface area contributed by atoms with Gasteiger partial charge in [-0.25, -0.2) is 8.42 Å². The molecule has 3 rings (SSSR count). The predicted octanol–water partition coefficient (Wildman–Crippen LogP) is 4.43. The topological polar surface area (TPSA) is 69.7 Å². The molecule has 0 bridgehead atoms. The molecule has 1 aliphatic rings. The van der Waals surface area contributed by atoms with Crippen LogP contribution in [0.5, 0.6) is 0 Å². The first-order valence-corrected chi connectivity index (χ1v) is 12.3. The Bertz CT molecular complexity index is 1000. The molecule has 0 spiro atoms. The molecule has 1 fully saturated rings. The van der Waals surface area contributed by atoms with Crippen LogP contribution in [0.25, 0.3) is 0 Å². The lowest BCUT2D eigenvalue weighted by Gasteiger charge is -2.31. The zero-order chi connectivity index (χ0) is 21.9. The van der Waals surface area contributed by atoms with Gasteiger partial charge in [-0.05, 0) is 68.1 Å². The molecule has 6 nitrogen and oxygen atoms in total. The quantitative estimate of drug-likeness (QED) is 0.678. The summed E-state index contributed by atoms with van der Waals surface area (Å²) >= 11 is 6.11. The summed E-state index contributed by atoms with van der Waals surface area (Å²) < 4.78 is 26.5. The van der Waals surface area contributed by atoms with E-state index in [0.717, 1.165) is 30.6 Å². The van der Waals surface area contributed by atoms with Crippen molar-refractivity contribution in [1.29, 1.82) is 0 Å². The lowest BCUT2D eigenvalue weighted by atomic mass is 10.1. The van der Waals surface area contributed by atoms with Gasteiger partial charge in [-0.2, -0.15) is 0 Å². The van der Waals surface area contributed by atoms with Gasteiger partial charge >= 0.3 is 0 Å². The van der Waals surface area contributed by atoms with Gasteiger partial charge in [0, 0.05) is 29.5 Å². The van der Waals surface area contributed by atoms with Gasteiger partial charge in [0.25, 0.3) is 0 Å². The summed E-state index contributed by atoms with van der Waals surface area (Å²) in [6.45, 7) is 5.68. The number of amides is 1. The van der Waals surface area contributed by atoms with Crippen LogP contribution in [0.2, 0.25) is 5.02 Å². The molecule has 0 radical (unpaired) electrons. The molecule has 1 aliphatic heterocycles. The molecule has 0 aromatic heterocycles. The molecule has 1 N–H and O–H groups in total. The number of halogens is 1. The molecule has 2 aromatic carbocycles. The number of hydrogen-bond donors (Lipinski definition) is 1. The van der Waals surface area contributed by atoms with Crippen molar-refractivity contribution in [2.45, 2.75) is 39.2 Å². The summed E-state index contributed by atoms with van der Waals surface area (Å²) in [5.74, 6) is -0.378. The first-order valence-electron chi connectivity index (χ1n) is 10.1. The van der Waals surface area contributed by atoms with E-state index >= 15 is 0 Å². The molecular weight excluding hydrogens is 422 g/mol. The first kappa shape index (κ1) is 22.4. The average Bonchev–Trinajstić information content (AvgIpc) is 3.22. The highest BCUT2D eigenvalue weighted by molar-refractivity contribution is 7.92. The fourth-order valence-electron chi connectivity index (χ4n) is 3.81. The number of carbonyl (C=O) groups is 1. The number of anilines is 3. The van der Waals surface area contributed by atoms with Crippen molar-refractivity contribution >= 4 is 44.6 Å². The van der Waals surface area contributed by atoms with E-state index < -0.39 is 16.1 Å². The van der Waals surface area contributed by atoms with Crippen molar-refractivity contribution < 1.29 is 13.2 Å². The molecular formula is C22H28ClN3O3S. The second kappa shape index (κ2) is 9.27. The van der Waals surface area contributed by atoms with E-state index in [1.807, 2.05) is 24.3 Å². The van der Waals surface area contributed by atoms with Crippen LogP contribution in [-0.4, -0.2) is 39.7 Å². The number of nitrogens with zero attached hydrogens (tertiary/aromatic N) is 2. The van der Waals surface area contributed by atoms with Crippen LogP contribution in [-0.2, 0) is 14.8 Å². The van der Waals surface area contributed by atoms with Gasteiger partial charge < -0.3 is 10.2 Å². The number of carbonyl (C=O) groups excluding carboxylic acids is 1. The number of benzene rings is 2. The summed E-state index contributed by atoms with van der Waals surface area (Å²) in [5.41, 5.74) is 2.91. The van der Waals surface area contributed by atoms with Gasteiger partial charge in [0.05, 0.1) is 11.9 Å². The minimum absolute atomic E-state index is 0.316. The van der Waals surface area contributed by atoms with E-state index in [1.54, 1.807) is 32.0 Å². The minimum atomic E-state index is -3.72. The third kappa shape index (κ3) is 5.08. The molecule has 8 heteroatoms. The maximum atomic E-state index is 13.1. The zero-order valence-corrected chi connectivity index (χ0v) is 19.1. The van der Waals surface area contributed by atoms with E-state index in [0.29, 0.717) is 22.8 Å². The maximum Gasteiger partial charge on any atom is 0.248 e. The van der Waals surface area contributed by atoms with Crippen LogP contribution < -0.4 is 14.5 Å². The van der Waals surface area contributed by atoms with E-state index in [4.69, 9.17) is 11.6 Å². The highest BCUT2D eigenvalue weighted by Crippen LogP contribution is 2.30. The molecule has 1 heterocycles. The van der Waals surface area contributed by atoms with E-state index in [9.17, 15) is 13.2 Å². The van der Waals surface area contributed by atoms with Gasteiger partial charge in [-0.15, -0.1) is 0 Å². The normalized spacial score (nSPS) is 15.1. The molecule has 162 valence electrons. The Kier molecular flexibility index (Phi) is 6.93. The first-order chi connectivity index (χ1) is 14.2. The molecule has 1 amide bonds. The third-order valence-corrected chi connectivity index (χ3v) is 6.75. The van der Waals surface area contributed by atoms with Crippen molar-refractivity contribution in [3.8, 4) is 0 Å². The van der Waals surface area contributed by atoms with E-state index in [1.165, 1.54) is 17.1 Å². The Balaban J connectivity index is 1.84. The van der Waals surface area contributed by atoms with Gasteiger partial charge in [-0.1, -0.05) is 24.6 Å². The summed E-state index contributed by atoms with van der Waals surface area (Å²) in [5, 5.41) is 3.28. The highest BCUT2D eigenvalue weighted by Gasteiger charge is 2.32.